The van der Waals surface area contributed by atoms with Gasteiger partial charge in [-0.25, -0.2) is 0 Å². The average molecular weight is 220 g/mol. The standard InChI is InChI=1S/C12H16N2O2/c15-11(16)8-12(4-1-5-12)9-14-10-2-6-13-7-3-10/h2-3,6-7H,1,4-5,8-9H2,(H,13,14)(H,15,16). The Morgan fingerprint density at radius 1 is 1.44 bits per heavy atom. The molecule has 1 fully saturated rings. The summed E-state index contributed by atoms with van der Waals surface area (Å²) in [4.78, 5) is 14.7. The number of aromatic nitrogens is 1. The average Bonchev–Trinajstić information content (AvgIpc) is 2.23. The Labute approximate surface area is 94.7 Å². The lowest BCUT2D eigenvalue weighted by atomic mass is 9.66. The molecular weight excluding hydrogens is 204 g/mol. The molecule has 2 N–H and O–H groups in total. The summed E-state index contributed by atoms with van der Waals surface area (Å²) in [6, 6.07) is 3.79. The van der Waals surface area contributed by atoms with Crippen molar-refractivity contribution in [3.05, 3.63) is 24.5 Å². The zero-order chi connectivity index (χ0) is 11.4. The predicted octanol–water partition coefficient (Wildman–Crippen LogP) is 2.14. The third-order valence-electron chi connectivity index (χ3n) is 3.29. The van der Waals surface area contributed by atoms with E-state index in [9.17, 15) is 4.79 Å². The molecule has 0 aliphatic heterocycles. The number of carboxylic acids is 1. The molecule has 1 heterocycles. The second kappa shape index (κ2) is 4.51. The fourth-order valence-corrected chi connectivity index (χ4v) is 2.17. The van der Waals surface area contributed by atoms with Crippen LogP contribution in [0.25, 0.3) is 0 Å². The fourth-order valence-electron chi connectivity index (χ4n) is 2.17. The molecule has 1 saturated carbocycles. The van der Waals surface area contributed by atoms with Gasteiger partial charge in [0, 0.05) is 24.6 Å². The lowest BCUT2D eigenvalue weighted by Crippen LogP contribution is -2.38. The van der Waals surface area contributed by atoms with E-state index in [1.54, 1.807) is 12.4 Å². The van der Waals surface area contributed by atoms with Gasteiger partial charge >= 0.3 is 5.97 Å². The summed E-state index contributed by atoms with van der Waals surface area (Å²) < 4.78 is 0. The monoisotopic (exact) mass is 220 g/mol. The van der Waals surface area contributed by atoms with Crippen LogP contribution >= 0.6 is 0 Å². The number of hydrogen-bond donors (Lipinski definition) is 2. The van der Waals surface area contributed by atoms with Gasteiger partial charge in [0.2, 0.25) is 0 Å². The molecule has 0 unspecified atom stereocenters. The van der Waals surface area contributed by atoms with Gasteiger partial charge in [-0.2, -0.15) is 0 Å². The molecule has 0 aromatic carbocycles. The molecule has 86 valence electrons. The number of carbonyl (C=O) groups is 1. The molecule has 4 nitrogen and oxygen atoms in total. The number of carboxylic acid groups (broad SMARTS) is 1. The first-order chi connectivity index (χ1) is 7.70. The molecule has 1 aliphatic carbocycles. The van der Waals surface area contributed by atoms with Gasteiger partial charge in [-0.15, -0.1) is 0 Å². The summed E-state index contributed by atoms with van der Waals surface area (Å²) in [5, 5.41) is 12.2. The second-order valence-electron chi connectivity index (χ2n) is 4.51. The van der Waals surface area contributed by atoms with Crippen LogP contribution in [0.4, 0.5) is 5.69 Å². The number of nitrogens with zero attached hydrogens (tertiary/aromatic N) is 1. The quantitative estimate of drug-likeness (QED) is 0.798. The van der Waals surface area contributed by atoms with Crippen LogP contribution in [-0.2, 0) is 4.79 Å². The van der Waals surface area contributed by atoms with E-state index >= 15 is 0 Å². The van der Waals surface area contributed by atoms with Crippen molar-refractivity contribution in [3.63, 3.8) is 0 Å². The van der Waals surface area contributed by atoms with E-state index in [4.69, 9.17) is 5.11 Å². The number of pyridine rings is 1. The Morgan fingerprint density at radius 2 is 2.12 bits per heavy atom. The second-order valence-corrected chi connectivity index (χ2v) is 4.51. The van der Waals surface area contributed by atoms with Gasteiger partial charge in [0.15, 0.2) is 0 Å². The van der Waals surface area contributed by atoms with E-state index in [-0.39, 0.29) is 11.8 Å². The van der Waals surface area contributed by atoms with Crippen molar-refractivity contribution in [1.29, 1.82) is 0 Å². The summed E-state index contributed by atoms with van der Waals surface area (Å²) in [6.07, 6.45) is 6.89. The summed E-state index contributed by atoms with van der Waals surface area (Å²) in [5.41, 5.74) is 0.974. The van der Waals surface area contributed by atoms with Crippen molar-refractivity contribution in [2.24, 2.45) is 5.41 Å². The number of aliphatic carboxylic acids is 1. The van der Waals surface area contributed by atoms with E-state index < -0.39 is 5.97 Å². The molecule has 2 rings (SSSR count). The van der Waals surface area contributed by atoms with Crippen molar-refractivity contribution >= 4 is 11.7 Å². The van der Waals surface area contributed by atoms with Crippen LogP contribution in [0.2, 0.25) is 0 Å². The largest absolute Gasteiger partial charge is 0.481 e. The van der Waals surface area contributed by atoms with Crippen molar-refractivity contribution in [3.8, 4) is 0 Å². The number of hydrogen-bond acceptors (Lipinski definition) is 3. The smallest absolute Gasteiger partial charge is 0.303 e. The lowest BCUT2D eigenvalue weighted by molar-refractivity contribution is -0.141. The molecule has 0 radical (unpaired) electrons. The molecule has 16 heavy (non-hydrogen) atoms. The van der Waals surface area contributed by atoms with Gasteiger partial charge in [-0.05, 0) is 30.4 Å². The van der Waals surface area contributed by atoms with Gasteiger partial charge in [-0.1, -0.05) is 6.42 Å². The van der Waals surface area contributed by atoms with Gasteiger partial charge in [0.25, 0.3) is 0 Å². The number of nitrogens with one attached hydrogen (secondary N) is 1. The van der Waals surface area contributed by atoms with Crippen LogP contribution in [-0.4, -0.2) is 22.6 Å². The van der Waals surface area contributed by atoms with Crippen LogP contribution in [0.5, 0.6) is 0 Å². The van der Waals surface area contributed by atoms with Crippen LogP contribution in [0, 0.1) is 5.41 Å². The first-order valence-corrected chi connectivity index (χ1v) is 5.56. The maximum Gasteiger partial charge on any atom is 0.303 e. The predicted molar refractivity (Wildman–Crippen MR) is 61.3 cm³/mol. The molecule has 1 aromatic heterocycles. The highest BCUT2D eigenvalue weighted by molar-refractivity contribution is 5.68. The van der Waals surface area contributed by atoms with Crippen LogP contribution in [0.3, 0.4) is 0 Å². The van der Waals surface area contributed by atoms with Gasteiger partial charge in [-0.3, -0.25) is 9.78 Å². The minimum Gasteiger partial charge on any atom is -0.481 e. The summed E-state index contributed by atoms with van der Waals surface area (Å²) in [7, 11) is 0. The molecule has 1 aromatic rings. The van der Waals surface area contributed by atoms with Crippen molar-refractivity contribution < 1.29 is 9.90 Å². The Bertz CT molecular complexity index is 361. The van der Waals surface area contributed by atoms with E-state index in [1.165, 1.54) is 0 Å². The fraction of sp³-hybridized carbons (Fsp3) is 0.500. The first kappa shape index (κ1) is 10.9. The number of rotatable bonds is 5. The Morgan fingerprint density at radius 3 is 2.62 bits per heavy atom. The van der Waals surface area contributed by atoms with E-state index in [0.717, 1.165) is 31.5 Å². The Kier molecular flexibility index (Phi) is 3.08. The van der Waals surface area contributed by atoms with E-state index in [2.05, 4.69) is 10.3 Å². The third-order valence-corrected chi connectivity index (χ3v) is 3.29. The van der Waals surface area contributed by atoms with Crippen molar-refractivity contribution in [2.75, 3.05) is 11.9 Å². The summed E-state index contributed by atoms with van der Waals surface area (Å²) in [6.45, 7) is 0.739. The molecular formula is C12H16N2O2. The van der Waals surface area contributed by atoms with Crippen molar-refractivity contribution in [1.82, 2.24) is 4.98 Å². The molecule has 0 spiro atoms. The minimum atomic E-state index is -0.698. The molecule has 1 aliphatic rings. The highest BCUT2D eigenvalue weighted by Crippen LogP contribution is 2.43. The molecule has 0 amide bonds. The van der Waals surface area contributed by atoms with Crippen LogP contribution < -0.4 is 5.32 Å². The van der Waals surface area contributed by atoms with Gasteiger partial charge in [0.1, 0.15) is 0 Å². The first-order valence-electron chi connectivity index (χ1n) is 5.56. The SMILES string of the molecule is O=C(O)CC1(CNc2ccncc2)CCC1. The Balaban J connectivity index is 1.90. The Hall–Kier alpha value is -1.58. The topological polar surface area (TPSA) is 62.2 Å². The normalized spacial score (nSPS) is 17.5. The zero-order valence-corrected chi connectivity index (χ0v) is 9.15. The molecule has 0 saturated heterocycles. The summed E-state index contributed by atoms with van der Waals surface area (Å²) >= 11 is 0. The molecule has 0 bridgehead atoms. The number of anilines is 1. The van der Waals surface area contributed by atoms with E-state index in [1.807, 2.05) is 12.1 Å². The lowest BCUT2D eigenvalue weighted by Gasteiger charge is -2.41. The van der Waals surface area contributed by atoms with Crippen LogP contribution in [0.1, 0.15) is 25.7 Å². The zero-order valence-electron chi connectivity index (χ0n) is 9.15. The summed E-state index contributed by atoms with van der Waals surface area (Å²) in [5.74, 6) is -0.698. The van der Waals surface area contributed by atoms with Crippen LogP contribution in [0.15, 0.2) is 24.5 Å². The van der Waals surface area contributed by atoms with Gasteiger partial charge < -0.3 is 10.4 Å². The highest BCUT2D eigenvalue weighted by Gasteiger charge is 2.38. The maximum atomic E-state index is 10.8. The molecule has 0 atom stereocenters. The van der Waals surface area contributed by atoms with E-state index in [0.29, 0.717) is 0 Å². The molecule has 4 heteroatoms. The highest BCUT2D eigenvalue weighted by atomic mass is 16.4. The van der Waals surface area contributed by atoms with Crippen molar-refractivity contribution in [2.45, 2.75) is 25.7 Å². The third kappa shape index (κ3) is 2.51. The maximum absolute atomic E-state index is 10.8. The van der Waals surface area contributed by atoms with Gasteiger partial charge in [0.05, 0.1) is 6.42 Å². The minimum absolute atomic E-state index is 0.0326.